The van der Waals surface area contributed by atoms with Crippen molar-refractivity contribution in [1.82, 2.24) is 4.57 Å². The summed E-state index contributed by atoms with van der Waals surface area (Å²) >= 11 is 0. The molecule has 0 N–H and O–H groups in total. The van der Waals surface area contributed by atoms with Crippen molar-refractivity contribution in [1.29, 1.82) is 0 Å². The predicted molar refractivity (Wildman–Crippen MR) is 192 cm³/mol. The fraction of sp³-hybridized carbons (Fsp3) is 0.450. The Kier molecular flexibility index (Phi) is 12.6. The van der Waals surface area contributed by atoms with Gasteiger partial charge in [-0.25, -0.2) is 8.78 Å². The Morgan fingerprint density at radius 2 is 1.47 bits per heavy atom. The molecule has 2 bridgehead atoms. The van der Waals surface area contributed by atoms with E-state index >= 15 is 0 Å². The van der Waals surface area contributed by atoms with Crippen LogP contribution in [0.2, 0.25) is 0 Å². The smallest absolute Gasteiger partial charge is 0.263 e. The second kappa shape index (κ2) is 16.9. The number of benzene rings is 3. The maximum absolute atomic E-state index is 14.1. The van der Waals surface area contributed by atoms with E-state index < -0.39 is 23.0 Å². The van der Waals surface area contributed by atoms with Gasteiger partial charge in [0.15, 0.2) is 0 Å². The van der Waals surface area contributed by atoms with Crippen LogP contribution in [0.1, 0.15) is 68.6 Å². The average Bonchev–Trinajstić information content (AvgIpc) is 3.13. The SMILES string of the molecule is CCN(C(=O)c1cn(-c2cc(OC)cc(OC)c2)c2cc(OCCCCCCC[N+]34CCC(CC3)CC4)ccc2c1=O)c1cc(F)cc(F)c1.[Cl-]. The molecule has 3 aliphatic rings. The highest BCUT2D eigenvalue weighted by atomic mass is 35.5. The summed E-state index contributed by atoms with van der Waals surface area (Å²) in [5.74, 6) is 0.308. The Bertz CT molecular complexity index is 1840. The minimum atomic E-state index is -0.821. The zero-order valence-corrected chi connectivity index (χ0v) is 30.5. The van der Waals surface area contributed by atoms with Gasteiger partial charge in [0.1, 0.15) is 34.4 Å². The second-order valence-electron chi connectivity index (χ2n) is 13.8. The second-order valence-corrected chi connectivity index (χ2v) is 13.8. The number of ether oxygens (including phenoxy) is 3. The Morgan fingerprint density at radius 3 is 2.10 bits per heavy atom. The van der Waals surface area contributed by atoms with Crippen LogP contribution in [0.4, 0.5) is 14.5 Å². The van der Waals surface area contributed by atoms with Gasteiger partial charge in [0.25, 0.3) is 5.91 Å². The maximum Gasteiger partial charge on any atom is 0.263 e. The predicted octanol–water partition coefficient (Wildman–Crippen LogP) is 4.92. The fourth-order valence-electron chi connectivity index (χ4n) is 7.72. The number of hydrogen-bond donors (Lipinski definition) is 0. The van der Waals surface area contributed by atoms with Crippen LogP contribution in [0.3, 0.4) is 0 Å². The van der Waals surface area contributed by atoms with E-state index in [2.05, 4.69) is 0 Å². The number of carbonyl (C=O) groups excluding carboxylic acids is 1. The summed E-state index contributed by atoms with van der Waals surface area (Å²) in [6.45, 7) is 7.79. The third-order valence-electron chi connectivity index (χ3n) is 10.6. The number of aromatic nitrogens is 1. The number of hydrogen-bond acceptors (Lipinski definition) is 5. The van der Waals surface area contributed by atoms with Crippen LogP contribution in [0.15, 0.2) is 65.6 Å². The molecule has 8 nitrogen and oxygen atoms in total. The number of rotatable bonds is 15. The molecule has 11 heteroatoms. The third kappa shape index (κ3) is 8.67. The standard InChI is InChI=1S/C40H48F2N3O5.ClH/c1-4-43(31-21-29(41)20-30(42)22-31)40(47)37-27-44(32-23-34(48-2)25-35(24-32)49-3)38-26-33(10-11-36(38)39(37)46)50-19-9-7-5-6-8-15-45-16-12-28(13-17-45)14-18-45;/h10-11,20-28H,4-9,12-19H2,1-3H3;1H/q+1;/p-1. The number of fused-ring (bicyclic) bond motifs is 4. The van der Waals surface area contributed by atoms with Gasteiger partial charge in [0.2, 0.25) is 5.43 Å². The summed E-state index contributed by atoms with van der Waals surface area (Å²) in [4.78, 5) is 29.0. The van der Waals surface area contributed by atoms with Crippen molar-refractivity contribution in [2.24, 2.45) is 5.92 Å². The molecule has 3 fully saturated rings. The minimum Gasteiger partial charge on any atom is -1.00 e. The first-order valence-corrected chi connectivity index (χ1v) is 17.9. The summed E-state index contributed by atoms with van der Waals surface area (Å²) in [5.41, 5.74) is 0.458. The number of methoxy groups -OCH3 is 2. The number of amides is 1. The number of nitrogens with zero attached hydrogens (tertiary/aromatic N) is 3. The highest BCUT2D eigenvalue weighted by Gasteiger charge is 2.38. The molecule has 1 amide bonds. The molecule has 274 valence electrons. The van der Waals surface area contributed by atoms with E-state index in [4.69, 9.17) is 14.2 Å². The first-order valence-electron chi connectivity index (χ1n) is 17.9. The molecule has 7 rings (SSSR count). The van der Waals surface area contributed by atoms with Gasteiger partial charge >= 0.3 is 0 Å². The van der Waals surface area contributed by atoms with Gasteiger partial charge in [-0.3, -0.25) is 9.59 Å². The van der Waals surface area contributed by atoms with Gasteiger partial charge in [-0.2, -0.15) is 0 Å². The van der Waals surface area contributed by atoms with Crippen LogP contribution in [-0.4, -0.2) is 68.5 Å². The molecule has 1 aromatic heterocycles. The summed E-state index contributed by atoms with van der Waals surface area (Å²) in [6.07, 6.45) is 11.5. The molecular formula is C40H48ClF2N3O5. The van der Waals surface area contributed by atoms with Crippen LogP contribution in [0.5, 0.6) is 17.2 Å². The van der Waals surface area contributed by atoms with Crippen molar-refractivity contribution in [2.45, 2.75) is 58.3 Å². The lowest BCUT2D eigenvalue weighted by Crippen LogP contribution is -3.00. The van der Waals surface area contributed by atoms with Gasteiger partial charge < -0.3 is 40.6 Å². The number of unbranched alkanes of at least 4 members (excludes halogenated alkanes) is 4. The molecule has 4 aromatic rings. The van der Waals surface area contributed by atoms with E-state index in [0.29, 0.717) is 35.1 Å². The van der Waals surface area contributed by atoms with Gasteiger partial charge in [-0.15, -0.1) is 0 Å². The van der Waals surface area contributed by atoms with Gasteiger partial charge in [-0.05, 0) is 75.6 Å². The van der Waals surface area contributed by atoms with E-state index in [-0.39, 0.29) is 35.6 Å². The quantitative estimate of drug-likeness (QED) is 0.129. The normalized spacial score (nSPS) is 17.9. The van der Waals surface area contributed by atoms with Crippen molar-refractivity contribution in [3.05, 3.63) is 88.2 Å². The molecule has 0 spiro atoms. The molecule has 0 radical (unpaired) electrons. The Hall–Kier alpha value is -4.15. The molecule has 0 saturated carbocycles. The largest absolute Gasteiger partial charge is 1.00 e. The summed E-state index contributed by atoms with van der Waals surface area (Å²) in [7, 11) is 3.08. The fourth-order valence-corrected chi connectivity index (χ4v) is 7.72. The summed E-state index contributed by atoms with van der Waals surface area (Å²) < 4.78 is 48.5. The zero-order valence-electron chi connectivity index (χ0n) is 29.8. The van der Waals surface area contributed by atoms with E-state index in [1.807, 2.05) is 0 Å². The van der Waals surface area contributed by atoms with Crippen molar-refractivity contribution in [3.8, 4) is 22.9 Å². The lowest BCUT2D eigenvalue weighted by atomic mass is 9.85. The minimum absolute atomic E-state index is 0. The zero-order chi connectivity index (χ0) is 35.3. The number of quaternary nitrogens is 1. The molecule has 3 saturated heterocycles. The van der Waals surface area contributed by atoms with Gasteiger partial charge in [0, 0.05) is 54.1 Å². The van der Waals surface area contributed by atoms with Crippen LogP contribution in [0.25, 0.3) is 16.6 Å². The molecule has 0 unspecified atom stereocenters. The summed E-state index contributed by atoms with van der Waals surface area (Å²) in [6, 6.07) is 13.3. The van der Waals surface area contributed by atoms with E-state index in [0.717, 1.165) is 37.0 Å². The number of pyridine rings is 1. The van der Waals surface area contributed by atoms with Crippen LogP contribution in [0, 0.1) is 17.6 Å². The van der Waals surface area contributed by atoms with Gasteiger partial charge in [-0.1, -0.05) is 12.8 Å². The van der Waals surface area contributed by atoms with Crippen LogP contribution in [-0.2, 0) is 0 Å². The number of carbonyl (C=O) groups is 1. The monoisotopic (exact) mass is 723 g/mol. The Balaban J connectivity index is 0.00000504. The Labute approximate surface area is 304 Å². The summed E-state index contributed by atoms with van der Waals surface area (Å²) in [5, 5.41) is 0.288. The average molecular weight is 724 g/mol. The van der Waals surface area contributed by atoms with Gasteiger partial charge in [0.05, 0.1) is 58.2 Å². The highest BCUT2D eigenvalue weighted by Crippen LogP contribution is 2.34. The lowest BCUT2D eigenvalue weighted by molar-refractivity contribution is -0.942. The molecule has 3 aromatic carbocycles. The number of halogens is 3. The molecular weight excluding hydrogens is 676 g/mol. The maximum atomic E-state index is 14.1. The molecule has 4 heterocycles. The number of anilines is 1. The number of piperidine rings is 3. The van der Waals surface area contributed by atoms with Crippen molar-refractivity contribution in [3.63, 3.8) is 0 Å². The van der Waals surface area contributed by atoms with E-state index in [9.17, 15) is 18.4 Å². The highest BCUT2D eigenvalue weighted by molar-refractivity contribution is 6.07. The lowest BCUT2D eigenvalue weighted by Gasteiger charge is -2.49. The third-order valence-corrected chi connectivity index (χ3v) is 10.6. The Morgan fingerprint density at radius 1 is 0.843 bits per heavy atom. The molecule has 51 heavy (non-hydrogen) atoms. The topological polar surface area (TPSA) is 70.0 Å². The van der Waals surface area contributed by atoms with Crippen molar-refractivity contribution >= 4 is 22.5 Å². The van der Waals surface area contributed by atoms with E-state index in [1.54, 1.807) is 62.1 Å². The van der Waals surface area contributed by atoms with Crippen molar-refractivity contribution in [2.75, 3.05) is 58.5 Å². The first kappa shape index (κ1) is 38.1. The van der Waals surface area contributed by atoms with E-state index in [1.165, 1.54) is 80.3 Å². The van der Waals surface area contributed by atoms with Crippen LogP contribution >= 0.6 is 0 Å². The van der Waals surface area contributed by atoms with Crippen molar-refractivity contribution < 1.29 is 44.7 Å². The molecule has 3 aliphatic heterocycles. The molecule has 0 aliphatic carbocycles. The van der Waals surface area contributed by atoms with Crippen LogP contribution < -0.4 is 36.9 Å². The first-order chi connectivity index (χ1) is 24.2. The molecule has 0 atom stereocenters.